The normalized spacial score (nSPS) is 17.6. The molecule has 2 fully saturated rings. The highest BCUT2D eigenvalue weighted by atomic mass is 19.4. The zero-order valence-electron chi connectivity index (χ0n) is 22.0. The quantitative estimate of drug-likeness (QED) is 0.338. The lowest BCUT2D eigenvalue weighted by Crippen LogP contribution is -2.45. The molecule has 4 aromatic rings. The number of aryl methyl sites for hydroxylation is 1. The summed E-state index contributed by atoms with van der Waals surface area (Å²) in [5, 5.41) is 15.6. The van der Waals surface area contributed by atoms with E-state index in [0.717, 1.165) is 59.5 Å². The highest BCUT2D eigenvalue weighted by Crippen LogP contribution is 2.37. The number of imidazole rings is 1. The number of aromatic amines is 1. The van der Waals surface area contributed by atoms with Crippen molar-refractivity contribution in [2.75, 3.05) is 20.2 Å². The van der Waals surface area contributed by atoms with E-state index >= 15 is 0 Å². The molecule has 3 aromatic heterocycles. The molecule has 4 heterocycles. The van der Waals surface area contributed by atoms with Gasteiger partial charge in [-0.2, -0.15) is 18.3 Å². The molecule has 1 saturated carbocycles. The average Bonchev–Trinajstić information content (AvgIpc) is 3.36. The van der Waals surface area contributed by atoms with Crippen LogP contribution in [0.5, 0.6) is 5.75 Å². The van der Waals surface area contributed by atoms with Crippen molar-refractivity contribution >= 4 is 33.9 Å². The smallest absolute Gasteiger partial charge is 0.490 e. The fourth-order valence-electron chi connectivity index (χ4n) is 5.09. The minimum absolute atomic E-state index is 0.0194. The molecule has 1 aromatic carbocycles. The number of fused-ring (bicyclic) bond motifs is 2. The van der Waals surface area contributed by atoms with Crippen LogP contribution < -0.4 is 10.5 Å². The number of aliphatic carboxylic acids is 1. The molecule has 0 bridgehead atoms. The number of carbonyl (C=O) groups is 2. The maximum Gasteiger partial charge on any atom is 0.490 e. The molecule has 1 aliphatic heterocycles. The number of rotatable bonds is 5. The van der Waals surface area contributed by atoms with Crippen molar-refractivity contribution in [2.24, 2.45) is 18.7 Å². The van der Waals surface area contributed by atoms with E-state index in [4.69, 9.17) is 25.4 Å². The van der Waals surface area contributed by atoms with Crippen molar-refractivity contribution in [3.05, 3.63) is 30.0 Å². The van der Waals surface area contributed by atoms with E-state index in [9.17, 15) is 18.0 Å². The van der Waals surface area contributed by atoms with E-state index in [2.05, 4.69) is 25.4 Å². The number of methoxy groups -OCH3 is 1. The number of H-pyrrole nitrogens is 1. The summed E-state index contributed by atoms with van der Waals surface area (Å²) in [5.41, 5.74) is 10.4. The minimum atomic E-state index is -5.08. The Labute approximate surface area is 226 Å². The van der Waals surface area contributed by atoms with Gasteiger partial charge in [0.05, 0.1) is 24.5 Å². The Morgan fingerprint density at radius 1 is 1.23 bits per heavy atom. The van der Waals surface area contributed by atoms with Crippen LogP contribution in [0.1, 0.15) is 36.0 Å². The Hall–Kier alpha value is -4.07. The molecule has 14 heteroatoms. The summed E-state index contributed by atoms with van der Waals surface area (Å²) >= 11 is 0. The number of carbonyl (C=O) groups excluding carboxylic acids is 1. The number of benzene rings is 1. The minimum Gasteiger partial charge on any atom is -0.494 e. The Morgan fingerprint density at radius 2 is 1.95 bits per heavy atom. The second-order valence-corrected chi connectivity index (χ2v) is 10.3. The molecular weight excluding hydrogens is 531 g/mol. The second-order valence-electron chi connectivity index (χ2n) is 10.3. The number of piperidine rings is 1. The van der Waals surface area contributed by atoms with Gasteiger partial charge in [0, 0.05) is 43.7 Å². The zero-order chi connectivity index (χ0) is 28.8. The molecule has 40 heavy (non-hydrogen) atoms. The largest absolute Gasteiger partial charge is 0.494 e. The standard InChI is InChI=1S/C24H29N7O2.C2HF3O2/c1-29-21-18(8-15(10-20(21)33-2)24(32)30-7-3-4-17(25)13-30)27-23(29)19-9-16-11-26-28-22(16)31(19)12-14-5-6-14;3-2(4,5)1(6)7/h8-11,14,17H,3-7,12-13,25H2,1-2H3,(H,26,28);(H,6,7)/t17-;/m1./s1. The Balaban J connectivity index is 0.000000411. The first-order valence-corrected chi connectivity index (χ1v) is 12.9. The van der Waals surface area contributed by atoms with Gasteiger partial charge in [0.15, 0.2) is 5.82 Å². The number of amides is 1. The van der Waals surface area contributed by atoms with E-state index in [1.807, 2.05) is 30.3 Å². The topological polar surface area (TPSA) is 144 Å². The molecule has 0 radical (unpaired) electrons. The number of ether oxygens (including phenoxy) is 1. The molecule has 1 amide bonds. The number of nitrogens with one attached hydrogen (secondary N) is 1. The molecule has 1 aliphatic carbocycles. The van der Waals surface area contributed by atoms with Gasteiger partial charge in [0.1, 0.15) is 16.9 Å². The third-order valence-corrected chi connectivity index (χ3v) is 7.26. The molecule has 4 N–H and O–H groups in total. The molecule has 0 unspecified atom stereocenters. The highest BCUT2D eigenvalue weighted by Gasteiger charge is 2.38. The van der Waals surface area contributed by atoms with Gasteiger partial charge >= 0.3 is 12.1 Å². The van der Waals surface area contributed by atoms with E-state index in [-0.39, 0.29) is 11.9 Å². The number of alkyl halides is 3. The monoisotopic (exact) mass is 561 g/mol. The van der Waals surface area contributed by atoms with E-state index in [1.165, 1.54) is 12.8 Å². The van der Waals surface area contributed by atoms with Crippen molar-refractivity contribution in [3.63, 3.8) is 0 Å². The van der Waals surface area contributed by atoms with Crippen molar-refractivity contribution < 1.29 is 32.6 Å². The summed E-state index contributed by atoms with van der Waals surface area (Å²) in [4.78, 5) is 29.0. The average molecular weight is 562 g/mol. The van der Waals surface area contributed by atoms with E-state index < -0.39 is 12.1 Å². The number of halogens is 3. The van der Waals surface area contributed by atoms with Gasteiger partial charge < -0.3 is 29.6 Å². The SMILES string of the molecule is COc1cc(C(=O)N2CCC[C@@H](N)C2)cc2nc(-c3cc4cn[nH]c4n3CC3CC3)n(C)c12.O=C(O)C(F)(F)F. The number of aromatic nitrogens is 5. The molecule has 2 aliphatic rings. The first kappa shape index (κ1) is 27.5. The third kappa shape index (κ3) is 5.35. The van der Waals surface area contributed by atoms with Crippen LogP contribution in [0.15, 0.2) is 24.4 Å². The fourth-order valence-corrected chi connectivity index (χ4v) is 5.09. The summed E-state index contributed by atoms with van der Waals surface area (Å²) in [7, 11) is 3.64. The van der Waals surface area contributed by atoms with Crippen molar-refractivity contribution in [1.82, 2.24) is 29.2 Å². The van der Waals surface area contributed by atoms with Gasteiger partial charge in [0.25, 0.3) is 5.91 Å². The number of likely N-dealkylation sites (tertiary alicyclic amines) is 1. The van der Waals surface area contributed by atoms with Crippen molar-refractivity contribution in [1.29, 1.82) is 0 Å². The Kier molecular flexibility index (Phi) is 7.21. The predicted octanol–water partition coefficient (Wildman–Crippen LogP) is 3.53. The van der Waals surface area contributed by atoms with Gasteiger partial charge in [-0.1, -0.05) is 0 Å². The van der Waals surface area contributed by atoms with Gasteiger partial charge in [-0.25, -0.2) is 9.78 Å². The third-order valence-electron chi connectivity index (χ3n) is 7.26. The summed E-state index contributed by atoms with van der Waals surface area (Å²) in [6.45, 7) is 2.26. The molecular formula is C26H30F3N7O4. The molecule has 6 rings (SSSR count). The molecule has 1 saturated heterocycles. The van der Waals surface area contributed by atoms with Crippen LogP contribution in [0.4, 0.5) is 13.2 Å². The number of nitrogens with zero attached hydrogens (tertiary/aromatic N) is 5. The van der Waals surface area contributed by atoms with Crippen LogP contribution in [0, 0.1) is 5.92 Å². The zero-order valence-corrected chi connectivity index (χ0v) is 22.0. The molecule has 1 atom stereocenters. The Bertz CT molecular complexity index is 1570. The number of carboxylic acid groups (broad SMARTS) is 1. The first-order valence-electron chi connectivity index (χ1n) is 12.9. The van der Waals surface area contributed by atoms with Crippen LogP contribution in [0.3, 0.4) is 0 Å². The van der Waals surface area contributed by atoms with Gasteiger partial charge in [-0.3, -0.25) is 9.89 Å². The summed E-state index contributed by atoms with van der Waals surface area (Å²) in [6, 6.07) is 5.88. The maximum absolute atomic E-state index is 13.2. The van der Waals surface area contributed by atoms with Gasteiger partial charge in [-0.05, 0) is 49.8 Å². The number of hydrogen-bond donors (Lipinski definition) is 3. The van der Waals surface area contributed by atoms with Crippen LogP contribution in [0.25, 0.3) is 33.6 Å². The van der Waals surface area contributed by atoms with Crippen molar-refractivity contribution in [2.45, 2.75) is 44.4 Å². The van der Waals surface area contributed by atoms with Crippen LogP contribution in [-0.2, 0) is 18.4 Å². The predicted molar refractivity (Wildman–Crippen MR) is 140 cm³/mol. The van der Waals surface area contributed by atoms with Crippen LogP contribution >= 0.6 is 0 Å². The maximum atomic E-state index is 13.2. The van der Waals surface area contributed by atoms with Crippen LogP contribution in [-0.4, -0.2) is 78.6 Å². The van der Waals surface area contributed by atoms with Crippen LogP contribution in [0.2, 0.25) is 0 Å². The molecule has 11 nitrogen and oxygen atoms in total. The summed E-state index contributed by atoms with van der Waals surface area (Å²) in [5.74, 6) is -0.586. The number of hydrogen-bond acceptors (Lipinski definition) is 6. The Morgan fingerprint density at radius 3 is 2.58 bits per heavy atom. The summed E-state index contributed by atoms with van der Waals surface area (Å²) in [6.07, 6.45) is 1.18. The number of carboxylic acids is 1. The van der Waals surface area contributed by atoms with E-state index in [0.29, 0.717) is 23.8 Å². The lowest BCUT2D eigenvalue weighted by Gasteiger charge is -2.30. The lowest BCUT2D eigenvalue weighted by molar-refractivity contribution is -0.192. The van der Waals surface area contributed by atoms with Gasteiger partial charge in [0.2, 0.25) is 0 Å². The lowest BCUT2D eigenvalue weighted by atomic mass is 10.0. The van der Waals surface area contributed by atoms with Gasteiger partial charge in [-0.15, -0.1) is 0 Å². The van der Waals surface area contributed by atoms with E-state index in [1.54, 1.807) is 7.11 Å². The molecule has 214 valence electrons. The fraction of sp³-hybridized carbons (Fsp3) is 0.462. The number of nitrogens with two attached hydrogens (primary N) is 1. The molecule has 0 spiro atoms. The van der Waals surface area contributed by atoms with Crippen molar-refractivity contribution in [3.8, 4) is 17.3 Å². The summed E-state index contributed by atoms with van der Waals surface area (Å²) < 4.78 is 41.8. The first-order chi connectivity index (χ1) is 19.0. The second kappa shape index (κ2) is 10.5. The highest BCUT2D eigenvalue weighted by molar-refractivity contribution is 6.00.